The molecule has 1 aromatic carbocycles. The van der Waals surface area contributed by atoms with Crippen LogP contribution in [0.5, 0.6) is 5.75 Å². The van der Waals surface area contributed by atoms with Crippen LogP contribution in [0.15, 0.2) is 48.8 Å². The molecule has 0 amide bonds. The Hall–Kier alpha value is -3.15. The molecule has 0 aliphatic heterocycles. The van der Waals surface area contributed by atoms with Gasteiger partial charge in [-0.05, 0) is 30.7 Å². The molecule has 0 bridgehead atoms. The highest BCUT2D eigenvalue weighted by atomic mass is 16.3. The molecule has 0 radical (unpaired) electrons. The van der Waals surface area contributed by atoms with Crippen LogP contribution in [0.25, 0.3) is 11.3 Å². The molecule has 2 heterocycles. The molecular weight excluding hydrogens is 278 g/mol. The van der Waals surface area contributed by atoms with E-state index in [1.54, 1.807) is 24.5 Å². The fraction of sp³-hybridized carbons (Fsp3) is 0.0625. The van der Waals surface area contributed by atoms with Crippen molar-refractivity contribution in [2.24, 2.45) is 0 Å². The van der Waals surface area contributed by atoms with Crippen LogP contribution in [-0.2, 0) is 0 Å². The number of nitrogens with two attached hydrogens (primary N) is 1. The van der Waals surface area contributed by atoms with Crippen molar-refractivity contribution in [1.82, 2.24) is 15.0 Å². The van der Waals surface area contributed by atoms with E-state index < -0.39 is 0 Å². The van der Waals surface area contributed by atoms with Gasteiger partial charge in [-0.25, -0.2) is 4.98 Å². The van der Waals surface area contributed by atoms with E-state index in [4.69, 9.17) is 5.73 Å². The summed E-state index contributed by atoms with van der Waals surface area (Å²) in [5, 5.41) is 13.0. The van der Waals surface area contributed by atoms with Gasteiger partial charge in [0.1, 0.15) is 11.6 Å². The van der Waals surface area contributed by atoms with Gasteiger partial charge in [0, 0.05) is 17.8 Å². The molecule has 0 aliphatic rings. The van der Waals surface area contributed by atoms with Gasteiger partial charge in [0.05, 0.1) is 17.6 Å². The maximum Gasteiger partial charge on any atom is 0.222 e. The summed E-state index contributed by atoms with van der Waals surface area (Å²) < 4.78 is 0. The number of aromatic nitrogens is 3. The minimum atomic E-state index is 0.156. The summed E-state index contributed by atoms with van der Waals surface area (Å²) in [6.07, 6.45) is 3.38. The van der Waals surface area contributed by atoms with E-state index in [2.05, 4.69) is 20.3 Å². The number of hydrogen-bond donors (Lipinski definition) is 3. The number of nitrogen functional groups attached to an aromatic ring is 1. The van der Waals surface area contributed by atoms with Crippen molar-refractivity contribution in [2.45, 2.75) is 6.92 Å². The second-order valence-electron chi connectivity index (χ2n) is 4.86. The van der Waals surface area contributed by atoms with E-state index in [0.29, 0.717) is 11.5 Å². The van der Waals surface area contributed by atoms with Crippen LogP contribution in [0.1, 0.15) is 5.56 Å². The van der Waals surface area contributed by atoms with Crippen molar-refractivity contribution in [2.75, 3.05) is 11.1 Å². The average Bonchev–Trinajstić information content (AvgIpc) is 2.50. The van der Waals surface area contributed by atoms with Gasteiger partial charge in [-0.1, -0.05) is 12.1 Å². The number of benzene rings is 1. The standard InChI is InChI=1S/C16H15N5O/c1-10-4-5-11(7-14(10)22)13-8-15(21-16(17)20-13)19-12-3-2-6-18-9-12/h2-9,22H,1H3,(H3,17,19,20,21). The molecule has 6 heteroatoms. The van der Waals surface area contributed by atoms with E-state index in [0.717, 1.165) is 16.8 Å². The number of hydrogen-bond acceptors (Lipinski definition) is 6. The molecule has 0 atom stereocenters. The highest BCUT2D eigenvalue weighted by Crippen LogP contribution is 2.27. The number of anilines is 3. The van der Waals surface area contributed by atoms with E-state index in [-0.39, 0.29) is 11.7 Å². The summed E-state index contributed by atoms with van der Waals surface area (Å²) in [6.45, 7) is 1.84. The van der Waals surface area contributed by atoms with Crippen molar-refractivity contribution in [3.05, 3.63) is 54.4 Å². The fourth-order valence-corrected chi connectivity index (χ4v) is 2.03. The topological polar surface area (TPSA) is 97.0 Å². The van der Waals surface area contributed by atoms with Crippen LogP contribution in [-0.4, -0.2) is 20.1 Å². The first-order valence-electron chi connectivity index (χ1n) is 6.73. The summed E-state index contributed by atoms with van der Waals surface area (Å²) in [6, 6.07) is 10.8. The lowest BCUT2D eigenvalue weighted by Crippen LogP contribution is -2.01. The van der Waals surface area contributed by atoms with Crippen LogP contribution < -0.4 is 11.1 Å². The molecule has 0 saturated heterocycles. The predicted molar refractivity (Wildman–Crippen MR) is 85.8 cm³/mol. The lowest BCUT2D eigenvalue weighted by molar-refractivity contribution is 0.471. The van der Waals surface area contributed by atoms with Gasteiger partial charge in [-0.2, -0.15) is 4.98 Å². The molecule has 3 aromatic rings. The molecular formula is C16H15N5O. The van der Waals surface area contributed by atoms with Gasteiger partial charge in [-0.15, -0.1) is 0 Å². The summed E-state index contributed by atoms with van der Waals surface area (Å²) in [5.41, 5.74) is 8.79. The van der Waals surface area contributed by atoms with Crippen LogP contribution in [0.2, 0.25) is 0 Å². The van der Waals surface area contributed by atoms with Crippen molar-refractivity contribution in [1.29, 1.82) is 0 Å². The Bertz CT molecular complexity index is 805. The largest absolute Gasteiger partial charge is 0.508 e. The Balaban J connectivity index is 1.97. The van der Waals surface area contributed by atoms with Crippen LogP contribution in [0, 0.1) is 6.92 Å². The van der Waals surface area contributed by atoms with Crippen molar-refractivity contribution < 1.29 is 5.11 Å². The van der Waals surface area contributed by atoms with Gasteiger partial charge in [0.25, 0.3) is 0 Å². The molecule has 3 rings (SSSR count). The Morgan fingerprint density at radius 2 is 2.00 bits per heavy atom. The van der Waals surface area contributed by atoms with E-state index in [1.807, 2.05) is 31.2 Å². The van der Waals surface area contributed by atoms with Crippen LogP contribution in [0.3, 0.4) is 0 Å². The zero-order chi connectivity index (χ0) is 15.5. The highest BCUT2D eigenvalue weighted by Gasteiger charge is 2.07. The zero-order valence-corrected chi connectivity index (χ0v) is 12.0. The molecule has 6 nitrogen and oxygen atoms in total. The first-order chi connectivity index (χ1) is 10.6. The second kappa shape index (κ2) is 5.69. The maximum absolute atomic E-state index is 9.84. The molecule has 0 aliphatic carbocycles. The molecule has 0 saturated carbocycles. The Morgan fingerprint density at radius 1 is 1.14 bits per heavy atom. The molecule has 22 heavy (non-hydrogen) atoms. The fourth-order valence-electron chi connectivity index (χ4n) is 2.03. The van der Waals surface area contributed by atoms with Crippen molar-refractivity contribution in [3.63, 3.8) is 0 Å². The maximum atomic E-state index is 9.84. The molecule has 110 valence electrons. The van der Waals surface area contributed by atoms with Gasteiger partial charge < -0.3 is 16.2 Å². The first-order valence-corrected chi connectivity index (χ1v) is 6.73. The van der Waals surface area contributed by atoms with E-state index >= 15 is 0 Å². The van der Waals surface area contributed by atoms with Gasteiger partial charge in [-0.3, -0.25) is 4.98 Å². The third-order valence-electron chi connectivity index (χ3n) is 3.18. The molecule has 0 fully saturated rings. The third kappa shape index (κ3) is 2.95. The van der Waals surface area contributed by atoms with Crippen LogP contribution >= 0.6 is 0 Å². The summed E-state index contributed by atoms with van der Waals surface area (Å²) >= 11 is 0. The number of phenols is 1. The number of aromatic hydroxyl groups is 1. The summed E-state index contributed by atoms with van der Waals surface area (Å²) in [4.78, 5) is 12.4. The number of aryl methyl sites for hydroxylation is 1. The highest BCUT2D eigenvalue weighted by molar-refractivity contribution is 5.68. The Morgan fingerprint density at radius 3 is 2.73 bits per heavy atom. The monoisotopic (exact) mass is 293 g/mol. The van der Waals surface area contributed by atoms with Crippen LogP contribution in [0.4, 0.5) is 17.5 Å². The minimum absolute atomic E-state index is 0.156. The zero-order valence-electron chi connectivity index (χ0n) is 12.0. The Labute approximate surface area is 127 Å². The van der Waals surface area contributed by atoms with Crippen molar-refractivity contribution >= 4 is 17.5 Å². The first kappa shape index (κ1) is 13.8. The van der Waals surface area contributed by atoms with Gasteiger partial charge in [0.2, 0.25) is 5.95 Å². The molecule has 2 aromatic heterocycles. The van der Waals surface area contributed by atoms with E-state index in [1.165, 1.54) is 0 Å². The number of phenolic OH excluding ortho intramolecular Hbond substituents is 1. The second-order valence-corrected chi connectivity index (χ2v) is 4.86. The smallest absolute Gasteiger partial charge is 0.222 e. The summed E-state index contributed by atoms with van der Waals surface area (Å²) in [7, 11) is 0. The lowest BCUT2D eigenvalue weighted by Gasteiger charge is -2.09. The third-order valence-corrected chi connectivity index (χ3v) is 3.18. The predicted octanol–water partition coefficient (Wildman–Crippen LogP) is 2.88. The minimum Gasteiger partial charge on any atom is -0.508 e. The summed E-state index contributed by atoms with van der Waals surface area (Å²) in [5.74, 6) is 0.941. The SMILES string of the molecule is Cc1ccc(-c2cc(Nc3cccnc3)nc(N)n2)cc1O. The normalized spacial score (nSPS) is 10.4. The average molecular weight is 293 g/mol. The number of rotatable bonds is 3. The Kier molecular flexibility index (Phi) is 3.57. The number of nitrogens with zero attached hydrogens (tertiary/aromatic N) is 3. The van der Waals surface area contributed by atoms with E-state index in [9.17, 15) is 5.11 Å². The molecule has 0 unspecified atom stereocenters. The number of nitrogens with one attached hydrogen (secondary N) is 1. The quantitative estimate of drug-likeness (QED) is 0.687. The number of pyridine rings is 1. The van der Waals surface area contributed by atoms with Gasteiger partial charge >= 0.3 is 0 Å². The molecule has 4 N–H and O–H groups in total. The van der Waals surface area contributed by atoms with Crippen molar-refractivity contribution in [3.8, 4) is 17.0 Å². The van der Waals surface area contributed by atoms with Gasteiger partial charge in [0.15, 0.2) is 0 Å². The lowest BCUT2D eigenvalue weighted by atomic mass is 10.1. The molecule has 0 spiro atoms.